The number of sulfonamides is 1. The molecule has 1 aromatic heterocycles. The molecular weight excluding hydrogens is 298 g/mol. The second-order valence-corrected chi connectivity index (χ2v) is 7.46. The highest BCUT2D eigenvalue weighted by atomic mass is 32.2. The average molecular weight is 313 g/mol. The topological polar surface area (TPSA) is 105 Å². The van der Waals surface area contributed by atoms with E-state index in [0.29, 0.717) is 16.3 Å². The highest BCUT2D eigenvalue weighted by molar-refractivity contribution is 7.91. The zero-order valence-corrected chi connectivity index (χ0v) is 12.4. The molecule has 8 heteroatoms. The number of nitrogen functional groups attached to an aromatic ring is 1. The van der Waals surface area contributed by atoms with Crippen LogP contribution in [-0.4, -0.2) is 25.1 Å². The van der Waals surface area contributed by atoms with Crippen LogP contribution in [0.15, 0.2) is 34.7 Å². The maximum absolute atomic E-state index is 12.0. The van der Waals surface area contributed by atoms with Crippen LogP contribution in [0.4, 0.5) is 5.69 Å². The van der Waals surface area contributed by atoms with Crippen molar-refractivity contribution in [3.63, 3.8) is 0 Å². The summed E-state index contributed by atoms with van der Waals surface area (Å²) in [5, 5.41) is 10.6. The van der Waals surface area contributed by atoms with Crippen LogP contribution in [0.5, 0.6) is 0 Å². The second-order valence-electron chi connectivity index (χ2n) is 4.23. The predicted molar refractivity (Wildman–Crippen MR) is 77.9 cm³/mol. The Bertz CT molecular complexity index is 680. The Morgan fingerprint density at radius 2 is 2.05 bits per heavy atom. The zero-order chi connectivity index (χ0) is 14.8. The summed E-state index contributed by atoms with van der Waals surface area (Å²) in [6.45, 7) is 1.62. The Labute approximate surface area is 121 Å². The first-order valence-corrected chi connectivity index (χ1v) is 8.14. The van der Waals surface area contributed by atoms with Crippen LogP contribution in [0.2, 0.25) is 0 Å². The number of benzene rings is 1. The fraction of sp³-hybridized carbons (Fsp3) is 0.250. The molecule has 0 fully saturated rings. The van der Waals surface area contributed by atoms with Gasteiger partial charge in [0.1, 0.15) is 0 Å². The molecule has 2 rings (SSSR count). The first kappa shape index (κ1) is 14.9. The van der Waals surface area contributed by atoms with Gasteiger partial charge in [0.2, 0.25) is 0 Å². The Balaban J connectivity index is 2.03. The van der Waals surface area contributed by atoms with Gasteiger partial charge in [0.15, 0.2) is 4.21 Å². The van der Waals surface area contributed by atoms with E-state index < -0.39 is 16.1 Å². The molecule has 4 N–H and O–H groups in total. The van der Waals surface area contributed by atoms with Crippen molar-refractivity contribution in [1.82, 2.24) is 9.71 Å². The number of aliphatic hydroxyl groups excluding tert-OH is 1. The number of aryl methyl sites for hydroxylation is 1. The lowest BCUT2D eigenvalue weighted by atomic mass is 10.1. The molecule has 0 aliphatic rings. The number of anilines is 1. The number of nitrogens with one attached hydrogen (secondary N) is 1. The van der Waals surface area contributed by atoms with Crippen LogP contribution >= 0.6 is 11.3 Å². The van der Waals surface area contributed by atoms with Crippen molar-refractivity contribution in [2.75, 3.05) is 12.3 Å². The fourth-order valence-electron chi connectivity index (χ4n) is 1.56. The number of hydrogen-bond donors (Lipinski definition) is 3. The Hall–Kier alpha value is -1.48. The molecular formula is C12H15N3O3S2. The molecule has 0 bridgehead atoms. The number of aromatic nitrogens is 1. The smallest absolute Gasteiger partial charge is 0.251 e. The minimum atomic E-state index is -3.63. The average Bonchev–Trinajstić information content (AvgIpc) is 2.84. The van der Waals surface area contributed by atoms with Crippen LogP contribution in [0.25, 0.3) is 0 Å². The van der Waals surface area contributed by atoms with Crippen LogP contribution in [0.3, 0.4) is 0 Å². The van der Waals surface area contributed by atoms with E-state index in [4.69, 9.17) is 5.73 Å². The molecule has 0 aliphatic carbocycles. The molecule has 6 nitrogen and oxygen atoms in total. The van der Waals surface area contributed by atoms with E-state index in [9.17, 15) is 13.5 Å². The van der Waals surface area contributed by atoms with Gasteiger partial charge in [-0.1, -0.05) is 12.1 Å². The quantitative estimate of drug-likeness (QED) is 0.715. The van der Waals surface area contributed by atoms with Gasteiger partial charge in [-0.25, -0.2) is 18.1 Å². The maximum atomic E-state index is 12.0. The minimum Gasteiger partial charge on any atom is -0.399 e. The van der Waals surface area contributed by atoms with Crippen LogP contribution < -0.4 is 10.5 Å². The third-order valence-electron chi connectivity index (χ3n) is 2.65. The molecule has 2 aromatic rings. The van der Waals surface area contributed by atoms with Gasteiger partial charge < -0.3 is 10.8 Å². The zero-order valence-electron chi connectivity index (χ0n) is 10.8. The van der Waals surface area contributed by atoms with Crippen LogP contribution in [0, 0.1) is 6.92 Å². The van der Waals surface area contributed by atoms with Gasteiger partial charge >= 0.3 is 0 Å². The second kappa shape index (κ2) is 5.88. The molecule has 1 aromatic carbocycles. The first-order chi connectivity index (χ1) is 9.38. The number of rotatable bonds is 5. The number of thiazole rings is 1. The fourth-order valence-corrected chi connectivity index (χ4v) is 3.75. The van der Waals surface area contributed by atoms with E-state index in [2.05, 4.69) is 9.71 Å². The molecule has 0 saturated heterocycles. The van der Waals surface area contributed by atoms with Crippen molar-refractivity contribution < 1.29 is 13.5 Å². The van der Waals surface area contributed by atoms with Gasteiger partial charge in [0.25, 0.3) is 10.0 Å². The van der Waals surface area contributed by atoms with Crippen molar-refractivity contribution in [2.45, 2.75) is 17.2 Å². The maximum Gasteiger partial charge on any atom is 0.251 e. The van der Waals surface area contributed by atoms with Crippen LogP contribution in [-0.2, 0) is 10.0 Å². The van der Waals surface area contributed by atoms with E-state index in [1.807, 2.05) is 0 Å². The van der Waals surface area contributed by atoms with E-state index >= 15 is 0 Å². The molecule has 0 radical (unpaired) electrons. The molecule has 1 atom stereocenters. The lowest BCUT2D eigenvalue weighted by Gasteiger charge is -2.12. The molecule has 20 heavy (non-hydrogen) atoms. The van der Waals surface area contributed by atoms with Gasteiger partial charge in [0.05, 0.1) is 17.3 Å². The van der Waals surface area contributed by atoms with Gasteiger partial charge in [0, 0.05) is 12.2 Å². The van der Waals surface area contributed by atoms with Crippen molar-refractivity contribution in [1.29, 1.82) is 0 Å². The number of aliphatic hydroxyl groups is 1. The molecule has 108 valence electrons. The van der Waals surface area contributed by atoms with Crippen molar-refractivity contribution in [3.05, 3.63) is 41.0 Å². The molecule has 0 spiro atoms. The Morgan fingerprint density at radius 1 is 1.40 bits per heavy atom. The predicted octanol–water partition coefficient (Wildman–Crippen LogP) is 1.05. The summed E-state index contributed by atoms with van der Waals surface area (Å²) in [6, 6.07) is 6.62. The van der Waals surface area contributed by atoms with Gasteiger partial charge in [-0.05, 0) is 24.6 Å². The van der Waals surface area contributed by atoms with Crippen molar-refractivity contribution in [3.8, 4) is 0 Å². The summed E-state index contributed by atoms with van der Waals surface area (Å²) in [5.41, 5.74) is 6.73. The molecule has 1 heterocycles. The van der Waals surface area contributed by atoms with Crippen molar-refractivity contribution >= 4 is 27.0 Å². The monoisotopic (exact) mass is 313 g/mol. The normalized spacial score (nSPS) is 13.3. The summed E-state index contributed by atoms with van der Waals surface area (Å²) in [7, 11) is -3.63. The summed E-state index contributed by atoms with van der Waals surface area (Å²) >= 11 is 1.08. The lowest BCUT2D eigenvalue weighted by molar-refractivity contribution is 0.182. The highest BCUT2D eigenvalue weighted by Crippen LogP contribution is 2.19. The standard InChI is InChI=1S/C12H15N3O3S2/c1-8-14-7-12(19-8)20(17,18)15-6-11(16)9-2-4-10(13)5-3-9/h2-5,7,11,15-16H,6,13H2,1H3. The highest BCUT2D eigenvalue weighted by Gasteiger charge is 2.18. The minimum absolute atomic E-state index is 0.108. The molecule has 0 saturated carbocycles. The summed E-state index contributed by atoms with van der Waals surface area (Å²) in [5.74, 6) is 0. The SMILES string of the molecule is Cc1ncc(S(=O)(=O)NCC(O)c2ccc(N)cc2)s1. The van der Waals surface area contributed by atoms with E-state index in [1.165, 1.54) is 6.20 Å². The van der Waals surface area contributed by atoms with E-state index in [-0.39, 0.29) is 10.8 Å². The molecule has 0 aliphatic heterocycles. The summed E-state index contributed by atoms with van der Waals surface area (Å²) in [6.07, 6.45) is 0.372. The number of nitrogens with two attached hydrogens (primary N) is 1. The molecule has 1 unspecified atom stereocenters. The number of nitrogens with zero attached hydrogens (tertiary/aromatic N) is 1. The largest absolute Gasteiger partial charge is 0.399 e. The summed E-state index contributed by atoms with van der Waals surface area (Å²) in [4.78, 5) is 3.90. The third-order valence-corrected chi connectivity index (χ3v) is 5.45. The molecule has 0 amide bonds. The van der Waals surface area contributed by atoms with Gasteiger partial charge in [-0.15, -0.1) is 11.3 Å². The van der Waals surface area contributed by atoms with Crippen LogP contribution in [0.1, 0.15) is 16.7 Å². The van der Waals surface area contributed by atoms with Gasteiger partial charge in [-0.2, -0.15) is 0 Å². The summed E-state index contributed by atoms with van der Waals surface area (Å²) < 4.78 is 26.4. The lowest BCUT2D eigenvalue weighted by Crippen LogP contribution is -2.28. The first-order valence-electron chi connectivity index (χ1n) is 5.84. The Morgan fingerprint density at radius 3 is 2.60 bits per heavy atom. The Kier molecular flexibility index (Phi) is 4.39. The van der Waals surface area contributed by atoms with Gasteiger partial charge in [-0.3, -0.25) is 0 Å². The van der Waals surface area contributed by atoms with Crippen molar-refractivity contribution in [2.24, 2.45) is 0 Å². The number of hydrogen-bond acceptors (Lipinski definition) is 6. The van der Waals surface area contributed by atoms with E-state index in [0.717, 1.165) is 11.3 Å². The van der Waals surface area contributed by atoms with E-state index in [1.54, 1.807) is 31.2 Å². The third kappa shape index (κ3) is 3.54.